The average Bonchev–Trinajstić information content (AvgIpc) is 2.65. The fourth-order valence-corrected chi connectivity index (χ4v) is 1.72. The molecule has 0 saturated carbocycles. The van der Waals surface area contributed by atoms with Crippen molar-refractivity contribution < 1.29 is 0 Å². The molecule has 0 fully saturated rings. The molecule has 1 heterocycles. The molecule has 1 aromatic carbocycles. The number of hydrogen-bond donors (Lipinski definition) is 1. The molecule has 0 radical (unpaired) electrons. The smallest absolute Gasteiger partial charge is 0.122 e. The maximum atomic E-state index is 5.91. The van der Waals surface area contributed by atoms with Crippen LogP contribution in [-0.2, 0) is 13.1 Å². The van der Waals surface area contributed by atoms with Crippen molar-refractivity contribution in [3.63, 3.8) is 0 Å². The minimum Gasteiger partial charge on any atom is -0.329 e. The van der Waals surface area contributed by atoms with Crippen LogP contribution >= 0.6 is 11.6 Å². The summed E-state index contributed by atoms with van der Waals surface area (Å²) in [6.07, 6.45) is 3.68. The quantitative estimate of drug-likeness (QED) is 0.862. The first-order valence-corrected chi connectivity index (χ1v) is 5.12. The van der Waals surface area contributed by atoms with Crippen LogP contribution < -0.4 is 5.73 Å². The first-order valence-electron chi connectivity index (χ1n) is 4.74. The van der Waals surface area contributed by atoms with Crippen LogP contribution in [-0.4, -0.2) is 9.55 Å². The lowest BCUT2D eigenvalue weighted by Crippen LogP contribution is -2.08. The van der Waals surface area contributed by atoms with Crippen LogP contribution in [0.1, 0.15) is 11.4 Å². The molecule has 0 unspecified atom stereocenters. The van der Waals surface area contributed by atoms with Gasteiger partial charge < -0.3 is 10.3 Å². The molecule has 0 saturated heterocycles. The molecule has 0 amide bonds. The predicted molar refractivity (Wildman–Crippen MR) is 60.7 cm³/mol. The van der Waals surface area contributed by atoms with Crippen molar-refractivity contribution in [2.45, 2.75) is 13.1 Å². The second kappa shape index (κ2) is 4.47. The van der Waals surface area contributed by atoms with Gasteiger partial charge in [-0.2, -0.15) is 0 Å². The lowest BCUT2D eigenvalue weighted by atomic mass is 10.2. The summed E-state index contributed by atoms with van der Waals surface area (Å²) in [4.78, 5) is 4.16. The van der Waals surface area contributed by atoms with E-state index >= 15 is 0 Å². The van der Waals surface area contributed by atoms with Crippen molar-refractivity contribution in [1.82, 2.24) is 9.55 Å². The number of aromatic nitrogens is 2. The summed E-state index contributed by atoms with van der Waals surface area (Å²) in [6.45, 7) is 1.21. The Bertz CT molecular complexity index is 451. The van der Waals surface area contributed by atoms with E-state index in [-0.39, 0.29) is 0 Å². The molecule has 0 aliphatic heterocycles. The van der Waals surface area contributed by atoms with Crippen LogP contribution in [0.3, 0.4) is 0 Å². The molecule has 0 aliphatic carbocycles. The maximum absolute atomic E-state index is 5.91. The summed E-state index contributed by atoms with van der Waals surface area (Å²) in [5, 5.41) is 0.752. The Kier molecular flexibility index (Phi) is 3.04. The Morgan fingerprint density at radius 1 is 1.40 bits per heavy atom. The molecule has 15 heavy (non-hydrogen) atoms. The van der Waals surface area contributed by atoms with Gasteiger partial charge in [0.2, 0.25) is 0 Å². The Morgan fingerprint density at radius 3 is 3.00 bits per heavy atom. The number of nitrogens with two attached hydrogens (primary N) is 1. The van der Waals surface area contributed by atoms with Crippen molar-refractivity contribution in [3.8, 4) is 0 Å². The number of halogens is 1. The number of imidazole rings is 1. The molecule has 4 heteroatoms. The van der Waals surface area contributed by atoms with Crippen LogP contribution in [0.5, 0.6) is 0 Å². The van der Waals surface area contributed by atoms with Gasteiger partial charge in [0.15, 0.2) is 0 Å². The highest BCUT2D eigenvalue weighted by Crippen LogP contribution is 2.12. The lowest BCUT2D eigenvalue weighted by molar-refractivity contribution is 0.724. The van der Waals surface area contributed by atoms with Crippen LogP contribution in [0.2, 0.25) is 5.02 Å². The highest BCUT2D eigenvalue weighted by Gasteiger charge is 2.01. The van der Waals surface area contributed by atoms with Gasteiger partial charge in [-0.1, -0.05) is 23.7 Å². The van der Waals surface area contributed by atoms with Crippen molar-refractivity contribution >= 4 is 11.6 Å². The zero-order chi connectivity index (χ0) is 10.7. The molecular weight excluding hydrogens is 210 g/mol. The largest absolute Gasteiger partial charge is 0.329 e. The van der Waals surface area contributed by atoms with E-state index in [0.717, 1.165) is 23.0 Å². The van der Waals surface area contributed by atoms with Gasteiger partial charge >= 0.3 is 0 Å². The van der Waals surface area contributed by atoms with Crippen molar-refractivity contribution in [3.05, 3.63) is 53.1 Å². The second-order valence-electron chi connectivity index (χ2n) is 3.31. The first-order chi connectivity index (χ1) is 7.29. The zero-order valence-electron chi connectivity index (χ0n) is 8.23. The Morgan fingerprint density at radius 2 is 2.27 bits per heavy atom. The van der Waals surface area contributed by atoms with E-state index < -0.39 is 0 Å². The molecule has 2 aromatic rings. The molecule has 2 rings (SSSR count). The summed E-state index contributed by atoms with van der Waals surface area (Å²) in [5.41, 5.74) is 6.72. The third-order valence-electron chi connectivity index (χ3n) is 2.23. The van der Waals surface area contributed by atoms with E-state index in [1.54, 1.807) is 6.20 Å². The lowest BCUT2D eigenvalue weighted by Gasteiger charge is -2.06. The van der Waals surface area contributed by atoms with Gasteiger partial charge in [-0.25, -0.2) is 4.98 Å². The first kappa shape index (κ1) is 10.2. The van der Waals surface area contributed by atoms with Gasteiger partial charge in [0.25, 0.3) is 0 Å². The van der Waals surface area contributed by atoms with Crippen LogP contribution in [0.25, 0.3) is 0 Å². The van der Waals surface area contributed by atoms with E-state index in [1.165, 1.54) is 0 Å². The number of hydrogen-bond acceptors (Lipinski definition) is 2. The van der Waals surface area contributed by atoms with E-state index in [0.29, 0.717) is 6.54 Å². The molecule has 0 bridgehead atoms. The topological polar surface area (TPSA) is 43.8 Å². The molecule has 1 aromatic heterocycles. The Hall–Kier alpha value is -1.32. The Labute approximate surface area is 93.5 Å². The second-order valence-corrected chi connectivity index (χ2v) is 3.74. The number of rotatable bonds is 3. The molecule has 0 aliphatic rings. The minimum atomic E-state index is 0.452. The summed E-state index contributed by atoms with van der Waals surface area (Å²) in [6, 6.07) is 7.79. The van der Waals surface area contributed by atoms with Gasteiger partial charge in [-0.3, -0.25) is 0 Å². The predicted octanol–water partition coefficient (Wildman–Crippen LogP) is 2.04. The van der Waals surface area contributed by atoms with Crippen LogP contribution in [0, 0.1) is 0 Å². The normalized spacial score (nSPS) is 10.5. The third kappa shape index (κ3) is 2.37. The Balaban J connectivity index is 2.22. The molecular formula is C11H12ClN3. The number of benzene rings is 1. The molecule has 3 nitrogen and oxygen atoms in total. The monoisotopic (exact) mass is 221 g/mol. The molecule has 0 atom stereocenters. The standard InChI is InChI=1S/C11H12ClN3/c12-10-3-1-2-9(6-10)8-15-5-4-14-11(15)7-13/h1-6H,7-8,13H2. The summed E-state index contributed by atoms with van der Waals surface area (Å²) >= 11 is 5.91. The minimum absolute atomic E-state index is 0.452. The van der Waals surface area contributed by atoms with Crippen molar-refractivity contribution in [2.24, 2.45) is 5.73 Å². The number of nitrogens with zero attached hydrogens (tertiary/aromatic N) is 2. The van der Waals surface area contributed by atoms with Gasteiger partial charge in [0, 0.05) is 24.0 Å². The maximum Gasteiger partial charge on any atom is 0.122 e. The van der Waals surface area contributed by atoms with E-state index in [4.69, 9.17) is 17.3 Å². The highest BCUT2D eigenvalue weighted by molar-refractivity contribution is 6.30. The van der Waals surface area contributed by atoms with Gasteiger partial charge in [0.1, 0.15) is 5.82 Å². The molecule has 78 valence electrons. The van der Waals surface area contributed by atoms with E-state index in [2.05, 4.69) is 4.98 Å². The zero-order valence-corrected chi connectivity index (χ0v) is 8.98. The SMILES string of the molecule is NCc1nccn1Cc1cccc(Cl)c1. The van der Waals surface area contributed by atoms with E-state index in [9.17, 15) is 0 Å². The van der Waals surface area contributed by atoms with Gasteiger partial charge in [0.05, 0.1) is 6.54 Å². The van der Waals surface area contributed by atoms with Gasteiger partial charge in [-0.15, -0.1) is 0 Å². The fraction of sp³-hybridized carbons (Fsp3) is 0.182. The fourth-order valence-electron chi connectivity index (χ4n) is 1.51. The molecule has 0 spiro atoms. The summed E-state index contributed by atoms with van der Waals surface area (Å²) < 4.78 is 2.02. The van der Waals surface area contributed by atoms with Crippen LogP contribution in [0.4, 0.5) is 0 Å². The van der Waals surface area contributed by atoms with Crippen LogP contribution in [0.15, 0.2) is 36.7 Å². The average molecular weight is 222 g/mol. The van der Waals surface area contributed by atoms with E-state index in [1.807, 2.05) is 35.0 Å². The summed E-state index contributed by atoms with van der Waals surface area (Å²) in [7, 11) is 0. The van der Waals surface area contributed by atoms with Crippen molar-refractivity contribution in [2.75, 3.05) is 0 Å². The molecule has 2 N–H and O–H groups in total. The third-order valence-corrected chi connectivity index (χ3v) is 2.46. The summed E-state index contributed by atoms with van der Waals surface area (Å²) in [5.74, 6) is 0.884. The van der Waals surface area contributed by atoms with Crippen molar-refractivity contribution in [1.29, 1.82) is 0 Å². The van der Waals surface area contributed by atoms with Gasteiger partial charge in [-0.05, 0) is 17.7 Å². The highest BCUT2D eigenvalue weighted by atomic mass is 35.5.